The van der Waals surface area contributed by atoms with Crippen LogP contribution < -0.4 is 0 Å². The zero-order chi connectivity index (χ0) is 13.9. The van der Waals surface area contributed by atoms with Crippen LogP contribution in [-0.4, -0.2) is 35.6 Å². The van der Waals surface area contributed by atoms with E-state index in [1.807, 2.05) is 20.8 Å². The summed E-state index contributed by atoms with van der Waals surface area (Å²) < 4.78 is 5.49. The fourth-order valence-corrected chi connectivity index (χ4v) is 3.58. The molecule has 2 rings (SSSR count). The third-order valence-corrected chi connectivity index (χ3v) is 4.33. The minimum absolute atomic E-state index is 0.0106. The first-order valence-electron chi connectivity index (χ1n) is 7.91. The molecule has 0 bridgehead atoms. The maximum absolute atomic E-state index is 12.0. The van der Waals surface area contributed by atoms with Gasteiger partial charge in [-0.15, -0.1) is 0 Å². The minimum Gasteiger partial charge on any atom is -0.460 e. The average Bonchev–Trinajstić information content (AvgIpc) is 2.80. The molecule has 1 aliphatic carbocycles. The Hall–Kier alpha value is -0.570. The van der Waals surface area contributed by atoms with Gasteiger partial charge in [-0.3, -0.25) is 4.79 Å². The van der Waals surface area contributed by atoms with Crippen LogP contribution in [0.1, 0.15) is 65.7 Å². The Morgan fingerprint density at radius 2 is 1.74 bits per heavy atom. The molecule has 19 heavy (non-hydrogen) atoms. The molecule has 1 aliphatic heterocycles. The van der Waals surface area contributed by atoms with Gasteiger partial charge < -0.3 is 9.64 Å². The van der Waals surface area contributed by atoms with Gasteiger partial charge in [-0.05, 0) is 65.5 Å². The molecule has 0 spiro atoms. The van der Waals surface area contributed by atoms with Gasteiger partial charge in [0, 0.05) is 12.5 Å². The second-order valence-corrected chi connectivity index (χ2v) is 7.15. The van der Waals surface area contributed by atoms with Gasteiger partial charge in [0.15, 0.2) is 0 Å². The van der Waals surface area contributed by atoms with Crippen LogP contribution >= 0.6 is 0 Å². The molecule has 1 saturated carbocycles. The third kappa shape index (κ3) is 4.48. The van der Waals surface area contributed by atoms with Crippen LogP contribution in [0.3, 0.4) is 0 Å². The second kappa shape index (κ2) is 6.25. The van der Waals surface area contributed by atoms with Crippen molar-refractivity contribution in [1.82, 2.24) is 4.90 Å². The summed E-state index contributed by atoms with van der Waals surface area (Å²) in [5, 5.41) is 0. The fourth-order valence-electron chi connectivity index (χ4n) is 3.58. The maximum atomic E-state index is 12.0. The van der Waals surface area contributed by atoms with E-state index in [4.69, 9.17) is 4.74 Å². The molecule has 2 fully saturated rings. The molecule has 0 aromatic heterocycles. The van der Waals surface area contributed by atoms with Crippen LogP contribution in [-0.2, 0) is 9.53 Å². The Morgan fingerprint density at radius 3 is 2.37 bits per heavy atom. The topological polar surface area (TPSA) is 29.5 Å². The monoisotopic (exact) mass is 267 g/mol. The fraction of sp³-hybridized carbons (Fsp3) is 0.938. The number of ether oxygens (including phenoxy) is 1. The first kappa shape index (κ1) is 14.8. The Bertz CT molecular complexity index is 302. The van der Waals surface area contributed by atoms with E-state index in [1.54, 1.807) is 0 Å². The van der Waals surface area contributed by atoms with E-state index in [-0.39, 0.29) is 11.6 Å². The number of hydrogen-bond acceptors (Lipinski definition) is 3. The van der Waals surface area contributed by atoms with Gasteiger partial charge in [0.05, 0.1) is 0 Å². The van der Waals surface area contributed by atoms with Gasteiger partial charge in [-0.1, -0.05) is 12.8 Å². The number of rotatable bonds is 3. The van der Waals surface area contributed by atoms with E-state index in [9.17, 15) is 4.79 Å². The van der Waals surface area contributed by atoms with E-state index in [2.05, 4.69) is 4.90 Å². The molecule has 0 radical (unpaired) electrons. The van der Waals surface area contributed by atoms with Crippen molar-refractivity contribution in [2.45, 2.75) is 77.4 Å². The number of nitrogens with zero attached hydrogens (tertiary/aromatic N) is 1. The molecule has 0 aromatic carbocycles. The lowest BCUT2D eigenvalue weighted by atomic mass is 9.81. The second-order valence-electron chi connectivity index (χ2n) is 7.15. The van der Waals surface area contributed by atoms with Crippen LogP contribution in [0.15, 0.2) is 0 Å². The van der Waals surface area contributed by atoms with E-state index < -0.39 is 0 Å². The summed E-state index contributed by atoms with van der Waals surface area (Å²) in [5.74, 6) is 0.505. The van der Waals surface area contributed by atoms with Crippen molar-refractivity contribution in [3.8, 4) is 0 Å². The van der Waals surface area contributed by atoms with Crippen molar-refractivity contribution < 1.29 is 9.53 Å². The van der Waals surface area contributed by atoms with Gasteiger partial charge in [-0.2, -0.15) is 0 Å². The Balaban J connectivity index is 1.90. The normalized spacial score (nSPS) is 29.4. The molecule has 0 unspecified atom stereocenters. The van der Waals surface area contributed by atoms with Gasteiger partial charge in [-0.25, -0.2) is 0 Å². The summed E-state index contributed by atoms with van der Waals surface area (Å²) in [5.41, 5.74) is -0.352. The number of hydrogen-bond donors (Lipinski definition) is 0. The highest BCUT2D eigenvalue weighted by atomic mass is 16.6. The summed E-state index contributed by atoms with van der Waals surface area (Å²) in [6, 6.07) is 0.628. The lowest BCUT2D eigenvalue weighted by Crippen LogP contribution is -2.42. The molecular weight excluding hydrogens is 238 g/mol. The Kier molecular flexibility index (Phi) is 4.88. The van der Waals surface area contributed by atoms with Gasteiger partial charge in [0.25, 0.3) is 0 Å². The Labute approximate surface area is 117 Å². The van der Waals surface area contributed by atoms with Crippen LogP contribution in [0, 0.1) is 5.92 Å². The highest BCUT2D eigenvalue weighted by molar-refractivity contribution is 5.70. The summed E-state index contributed by atoms with van der Waals surface area (Å²) in [7, 11) is 0. The molecule has 2 atom stereocenters. The van der Waals surface area contributed by atoms with Gasteiger partial charge in [0.2, 0.25) is 0 Å². The largest absolute Gasteiger partial charge is 0.460 e. The lowest BCUT2D eigenvalue weighted by molar-refractivity contribution is -0.156. The molecule has 3 nitrogen and oxygen atoms in total. The van der Waals surface area contributed by atoms with Crippen molar-refractivity contribution in [3.63, 3.8) is 0 Å². The van der Waals surface area contributed by atoms with Crippen LogP contribution in [0.2, 0.25) is 0 Å². The molecule has 1 heterocycles. The average molecular weight is 267 g/mol. The number of carbonyl (C=O) groups is 1. The van der Waals surface area contributed by atoms with Crippen molar-refractivity contribution >= 4 is 5.97 Å². The predicted molar refractivity (Wildman–Crippen MR) is 77.0 cm³/mol. The maximum Gasteiger partial charge on any atom is 0.306 e. The number of esters is 1. The summed E-state index contributed by atoms with van der Waals surface area (Å²) >= 11 is 0. The quantitative estimate of drug-likeness (QED) is 0.734. The molecule has 2 aliphatic rings. The van der Waals surface area contributed by atoms with E-state index in [0.717, 1.165) is 0 Å². The molecule has 0 aromatic rings. The zero-order valence-electron chi connectivity index (χ0n) is 12.8. The minimum atomic E-state index is -0.352. The van der Waals surface area contributed by atoms with Crippen LogP contribution in [0.5, 0.6) is 0 Å². The molecule has 0 amide bonds. The highest BCUT2D eigenvalue weighted by Crippen LogP contribution is 2.33. The SMILES string of the molecule is CC(C)(C)OC(=O)C[C@H]1CCCC[C@H]1N1CCCC1. The van der Waals surface area contributed by atoms with E-state index in [1.165, 1.54) is 51.6 Å². The van der Waals surface area contributed by atoms with Gasteiger partial charge >= 0.3 is 5.97 Å². The van der Waals surface area contributed by atoms with Crippen molar-refractivity contribution in [3.05, 3.63) is 0 Å². The van der Waals surface area contributed by atoms with E-state index >= 15 is 0 Å². The van der Waals surface area contributed by atoms with Crippen LogP contribution in [0.25, 0.3) is 0 Å². The first-order valence-corrected chi connectivity index (χ1v) is 7.91. The predicted octanol–water partition coefficient (Wildman–Crippen LogP) is 3.37. The zero-order valence-corrected chi connectivity index (χ0v) is 12.8. The third-order valence-electron chi connectivity index (χ3n) is 4.33. The van der Waals surface area contributed by atoms with Crippen molar-refractivity contribution in [2.75, 3.05) is 13.1 Å². The molecule has 110 valence electrons. The van der Waals surface area contributed by atoms with Crippen molar-refractivity contribution in [1.29, 1.82) is 0 Å². The van der Waals surface area contributed by atoms with Crippen LogP contribution in [0.4, 0.5) is 0 Å². The smallest absolute Gasteiger partial charge is 0.306 e. The summed E-state index contributed by atoms with van der Waals surface area (Å²) in [6.07, 6.45) is 8.33. The molecular formula is C16H29NO2. The molecule has 3 heteroatoms. The van der Waals surface area contributed by atoms with E-state index in [0.29, 0.717) is 18.4 Å². The first-order chi connectivity index (χ1) is 8.96. The highest BCUT2D eigenvalue weighted by Gasteiger charge is 2.33. The number of carbonyl (C=O) groups excluding carboxylic acids is 1. The lowest BCUT2D eigenvalue weighted by Gasteiger charge is -2.38. The molecule has 0 N–H and O–H groups in total. The standard InChI is InChI=1S/C16H29NO2/c1-16(2,3)19-15(18)12-13-8-4-5-9-14(13)17-10-6-7-11-17/h13-14H,4-12H2,1-3H3/t13-,14-/m1/s1. The number of likely N-dealkylation sites (tertiary alicyclic amines) is 1. The summed E-state index contributed by atoms with van der Waals surface area (Å²) in [4.78, 5) is 14.7. The van der Waals surface area contributed by atoms with Gasteiger partial charge in [0.1, 0.15) is 5.60 Å². The summed E-state index contributed by atoms with van der Waals surface area (Å²) in [6.45, 7) is 8.31. The molecule has 1 saturated heterocycles. The Morgan fingerprint density at radius 1 is 1.11 bits per heavy atom. The van der Waals surface area contributed by atoms with Crippen molar-refractivity contribution in [2.24, 2.45) is 5.92 Å².